The molecule has 1 aromatic heterocycles. The molecule has 1 saturated heterocycles. The fraction of sp³-hybridized carbons (Fsp3) is 0.600. The number of anilines is 2. The van der Waals surface area contributed by atoms with E-state index in [1.165, 1.54) is 0 Å². The third-order valence-corrected chi connectivity index (χ3v) is 3.82. The average Bonchev–Trinajstić information content (AvgIpc) is 2.28. The van der Waals surface area contributed by atoms with E-state index in [-0.39, 0.29) is 4.75 Å². The first-order chi connectivity index (χ1) is 7.61. The number of hydrogen-bond donors (Lipinski definition) is 2. The van der Waals surface area contributed by atoms with Crippen molar-refractivity contribution >= 4 is 23.5 Å². The van der Waals surface area contributed by atoms with Gasteiger partial charge in [0.15, 0.2) is 0 Å². The van der Waals surface area contributed by atoms with Crippen LogP contribution in [0.1, 0.15) is 13.8 Å². The molecule has 0 spiro atoms. The van der Waals surface area contributed by atoms with E-state index in [0.29, 0.717) is 5.95 Å². The zero-order chi connectivity index (χ0) is 11.6. The van der Waals surface area contributed by atoms with Crippen LogP contribution < -0.4 is 16.2 Å². The molecule has 1 aliphatic heterocycles. The Labute approximate surface area is 99.8 Å². The summed E-state index contributed by atoms with van der Waals surface area (Å²) < 4.78 is 0.277. The highest BCUT2D eigenvalue weighted by molar-refractivity contribution is 8.00. The number of nitrogen functional groups attached to an aromatic ring is 1. The molecular formula is C10H17N5S. The zero-order valence-electron chi connectivity index (χ0n) is 9.60. The van der Waals surface area contributed by atoms with Gasteiger partial charge in [-0.1, -0.05) is 0 Å². The summed E-state index contributed by atoms with van der Waals surface area (Å²) in [7, 11) is 0. The first-order valence-electron chi connectivity index (χ1n) is 5.29. The third kappa shape index (κ3) is 2.56. The minimum absolute atomic E-state index is 0.277. The molecule has 88 valence electrons. The number of nitrogens with zero attached hydrogens (tertiary/aromatic N) is 3. The van der Waals surface area contributed by atoms with E-state index in [1.54, 1.807) is 6.20 Å². The Hall–Kier alpha value is -1.01. The zero-order valence-corrected chi connectivity index (χ0v) is 10.4. The largest absolute Gasteiger partial charge is 0.354 e. The van der Waals surface area contributed by atoms with E-state index in [0.717, 1.165) is 24.7 Å². The lowest BCUT2D eigenvalue weighted by Crippen LogP contribution is -2.43. The van der Waals surface area contributed by atoms with Gasteiger partial charge in [0.2, 0.25) is 5.95 Å². The van der Waals surface area contributed by atoms with E-state index in [1.807, 2.05) is 17.8 Å². The van der Waals surface area contributed by atoms with Crippen LogP contribution in [-0.2, 0) is 0 Å². The van der Waals surface area contributed by atoms with E-state index in [9.17, 15) is 0 Å². The maximum absolute atomic E-state index is 5.30. The summed E-state index contributed by atoms with van der Waals surface area (Å²) in [6.07, 6.45) is 1.73. The van der Waals surface area contributed by atoms with Crippen molar-refractivity contribution < 1.29 is 0 Å². The Morgan fingerprint density at radius 3 is 3.06 bits per heavy atom. The minimum atomic E-state index is 0.277. The highest BCUT2D eigenvalue weighted by Crippen LogP contribution is 2.31. The molecule has 0 unspecified atom stereocenters. The molecule has 1 fully saturated rings. The van der Waals surface area contributed by atoms with Crippen LogP contribution in [-0.4, -0.2) is 33.6 Å². The van der Waals surface area contributed by atoms with Crippen LogP contribution in [0, 0.1) is 0 Å². The lowest BCUT2D eigenvalue weighted by Gasteiger charge is -2.38. The van der Waals surface area contributed by atoms with Crippen LogP contribution >= 0.6 is 11.8 Å². The van der Waals surface area contributed by atoms with Gasteiger partial charge in [-0.2, -0.15) is 16.7 Å². The molecule has 2 rings (SSSR count). The van der Waals surface area contributed by atoms with Crippen LogP contribution in [0.5, 0.6) is 0 Å². The molecule has 0 radical (unpaired) electrons. The number of aromatic nitrogens is 2. The first kappa shape index (κ1) is 11.5. The normalized spacial score (nSPS) is 19.6. The van der Waals surface area contributed by atoms with Crippen LogP contribution in [0.25, 0.3) is 0 Å². The number of rotatable bonds is 2. The van der Waals surface area contributed by atoms with Crippen molar-refractivity contribution in [1.82, 2.24) is 9.97 Å². The molecule has 0 bridgehead atoms. The predicted molar refractivity (Wildman–Crippen MR) is 68.6 cm³/mol. The maximum Gasteiger partial charge on any atom is 0.239 e. The second kappa shape index (κ2) is 4.47. The van der Waals surface area contributed by atoms with Crippen molar-refractivity contribution in [3.63, 3.8) is 0 Å². The van der Waals surface area contributed by atoms with E-state index >= 15 is 0 Å². The summed E-state index contributed by atoms with van der Waals surface area (Å²) >= 11 is 2.00. The Bertz CT molecular complexity index is 368. The van der Waals surface area contributed by atoms with Gasteiger partial charge in [-0.05, 0) is 19.9 Å². The predicted octanol–water partition coefficient (Wildman–Crippen LogP) is 1.09. The fourth-order valence-electron chi connectivity index (χ4n) is 1.81. The quantitative estimate of drug-likeness (QED) is 0.595. The summed E-state index contributed by atoms with van der Waals surface area (Å²) in [6.45, 7) is 6.54. The number of thioether (sulfide) groups is 1. The lowest BCUT2D eigenvalue weighted by atomic mass is 10.2. The van der Waals surface area contributed by atoms with Crippen molar-refractivity contribution in [2.45, 2.75) is 18.6 Å². The SMILES string of the molecule is CC1(C)CN(c2ccnc(NN)n2)CCS1. The lowest BCUT2D eigenvalue weighted by molar-refractivity contribution is 0.642. The molecule has 16 heavy (non-hydrogen) atoms. The van der Waals surface area contributed by atoms with Gasteiger partial charge < -0.3 is 4.90 Å². The van der Waals surface area contributed by atoms with E-state index in [2.05, 4.69) is 34.1 Å². The average molecular weight is 239 g/mol. The van der Waals surface area contributed by atoms with Gasteiger partial charge in [0.05, 0.1) is 0 Å². The summed E-state index contributed by atoms with van der Waals surface area (Å²) in [5, 5.41) is 0. The van der Waals surface area contributed by atoms with Crippen molar-refractivity contribution in [3.8, 4) is 0 Å². The third-order valence-electron chi connectivity index (χ3n) is 2.52. The highest BCUT2D eigenvalue weighted by atomic mass is 32.2. The van der Waals surface area contributed by atoms with Crippen LogP contribution in [0.2, 0.25) is 0 Å². The fourth-order valence-corrected chi connectivity index (χ4v) is 2.92. The second-order valence-electron chi connectivity index (χ2n) is 4.41. The smallest absolute Gasteiger partial charge is 0.239 e. The van der Waals surface area contributed by atoms with Gasteiger partial charge in [0, 0.05) is 29.8 Å². The topological polar surface area (TPSA) is 67.1 Å². The van der Waals surface area contributed by atoms with Crippen molar-refractivity contribution in [1.29, 1.82) is 0 Å². The van der Waals surface area contributed by atoms with Gasteiger partial charge in [-0.25, -0.2) is 10.8 Å². The van der Waals surface area contributed by atoms with Gasteiger partial charge in [0.25, 0.3) is 0 Å². The number of hydrogen-bond acceptors (Lipinski definition) is 6. The Morgan fingerprint density at radius 2 is 2.38 bits per heavy atom. The van der Waals surface area contributed by atoms with Gasteiger partial charge >= 0.3 is 0 Å². The van der Waals surface area contributed by atoms with Crippen molar-refractivity contribution in [2.75, 3.05) is 29.2 Å². The van der Waals surface area contributed by atoms with Gasteiger partial charge in [-0.3, -0.25) is 5.43 Å². The molecule has 2 heterocycles. The molecule has 0 aliphatic carbocycles. The number of nitrogens with one attached hydrogen (secondary N) is 1. The van der Waals surface area contributed by atoms with E-state index in [4.69, 9.17) is 5.84 Å². The highest BCUT2D eigenvalue weighted by Gasteiger charge is 2.27. The van der Waals surface area contributed by atoms with E-state index < -0.39 is 0 Å². The van der Waals surface area contributed by atoms with Crippen LogP contribution in [0.4, 0.5) is 11.8 Å². The monoisotopic (exact) mass is 239 g/mol. The molecule has 0 saturated carbocycles. The van der Waals surface area contributed by atoms with Gasteiger partial charge in [-0.15, -0.1) is 0 Å². The molecule has 0 amide bonds. The molecule has 1 aliphatic rings. The summed E-state index contributed by atoms with van der Waals surface area (Å²) in [5.74, 6) is 7.84. The Morgan fingerprint density at radius 1 is 1.56 bits per heavy atom. The Balaban J connectivity index is 2.16. The maximum atomic E-state index is 5.30. The first-order valence-corrected chi connectivity index (χ1v) is 6.28. The second-order valence-corrected chi connectivity index (χ2v) is 6.21. The summed E-state index contributed by atoms with van der Waals surface area (Å²) in [6, 6.07) is 1.92. The molecule has 6 heteroatoms. The molecular weight excluding hydrogens is 222 g/mol. The molecule has 0 atom stereocenters. The number of hydrazine groups is 1. The standard InChI is InChI=1S/C10H17N5S/c1-10(2)7-15(5-6-16-10)8-3-4-12-9(13-8)14-11/h3-4H,5-7,11H2,1-2H3,(H,12,13,14). The van der Waals surface area contributed by atoms with Crippen molar-refractivity contribution in [3.05, 3.63) is 12.3 Å². The van der Waals surface area contributed by atoms with Crippen LogP contribution in [0.15, 0.2) is 12.3 Å². The van der Waals surface area contributed by atoms with Crippen LogP contribution in [0.3, 0.4) is 0 Å². The molecule has 0 aromatic carbocycles. The number of nitrogens with two attached hydrogens (primary N) is 1. The minimum Gasteiger partial charge on any atom is -0.354 e. The molecule has 1 aromatic rings. The molecule has 3 N–H and O–H groups in total. The summed E-state index contributed by atoms with van der Waals surface area (Å²) in [5.41, 5.74) is 2.47. The molecule has 5 nitrogen and oxygen atoms in total. The summed E-state index contributed by atoms with van der Waals surface area (Å²) in [4.78, 5) is 10.6. The van der Waals surface area contributed by atoms with Gasteiger partial charge in [0.1, 0.15) is 5.82 Å². The Kier molecular flexibility index (Phi) is 3.20. The van der Waals surface area contributed by atoms with Crippen molar-refractivity contribution in [2.24, 2.45) is 5.84 Å².